The Labute approximate surface area is 138 Å². The molecule has 2 rings (SSSR count). The van der Waals surface area contributed by atoms with Crippen LogP contribution < -0.4 is 5.32 Å². The molecule has 0 radical (unpaired) electrons. The standard InChI is InChI=1S/C16H20BrN3O2/c1-10(18-13(21)9-16(2,3)4)15-19-14(20-22-15)11-5-7-12(17)8-6-11/h5-8,10H,9H2,1-4H3,(H,18,21). The first-order valence-electron chi connectivity index (χ1n) is 7.13. The Balaban J connectivity index is 2.04. The second-order valence-electron chi connectivity index (χ2n) is 6.49. The van der Waals surface area contributed by atoms with Gasteiger partial charge in [0.25, 0.3) is 0 Å². The van der Waals surface area contributed by atoms with Gasteiger partial charge in [0, 0.05) is 16.5 Å². The largest absolute Gasteiger partial charge is 0.345 e. The number of benzene rings is 1. The van der Waals surface area contributed by atoms with E-state index < -0.39 is 0 Å². The minimum Gasteiger partial charge on any atom is -0.345 e. The van der Waals surface area contributed by atoms with Crippen LogP contribution in [0, 0.1) is 5.41 Å². The lowest BCUT2D eigenvalue weighted by Crippen LogP contribution is -2.30. The molecule has 0 aliphatic heterocycles. The summed E-state index contributed by atoms with van der Waals surface area (Å²) >= 11 is 3.39. The van der Waals surface area contributed by atoms with Gasteiger partial charge in [-0.15, -0.1) is 0 Å². The van der Waals surface area contributed by atoms with E-state index in [0.29, 0.717) is 18.1 Å². The molecule has 22 heavy (non-hydrogen) atoms. The SMILES string of the molecule is CC(NC(=O)CC(C)(C)C)c1nc(-c2ccc(Br)cc2)no1. The van der Waals surface area contributed by atoms with E-state index in [4.69, 9.17) is 4.52 Å². The van der Waals surface area contributed by atoms with Crippen molar-refractivity contribution in [2.45, 2.75) is 40.2 Å². The van der Waals surface area contributed by atoms with Crippen LogP contribution in [0.5, 0.6) is 0 Å². The second kappa shape index (κ2) is 6.60. The number of halogens is 1. The summed E-state index contributed by atoms with van der Waals surface area (Å²) in [4.78, 5) is 16.3. The van der Waals surface area contributed by atoms with Gasteiger partial charge >= 0.3 is 0 Å². The molecule has 0 bridgehead atoms. The summed E-state index contributed by atoms with van der Waals surface area (Å²) in [6, 6.07) is 7.33. The molecule has 0 aliphatic carbocycles. The molecule has 2 aromatic rings. The number of carbonyl (C=O) groups excluding carboxylic acids is 1. The van der Waals surface area contributed by atoms with Crippen LogP contribution in [0.15, 0.2) is 33.3 Å². The molecule has 1 amide bonds. The van der Waals surface area contributed by atoms with Crippen LogP contribution in [-0.2, 0) is 4.79 Å². The van der Waals surface area contributed by atoms with Crippen LogP contribution in [0.25, 0.3) is 11.4 Å². The molecule has 1 aromatic carbocycles. The lowest BCUT2D eigenvalue weighted by molar-refractivity contribution is -0.123. The first kappa shape index (κ1) is 16.7. The highest BCUT2D eigenvalue weighted by molar-refractivity contribution is 9.10. The van der Waals surface area contributed by atoms with Crippen LogP contribution in [0.3, 0.4) is 0 Å². The van der Waals surface area contributed by atoms with E-state index in [9.17, 15) is 4.79 Å². The minimum absolute atomic E-state index is 0.0246. The normalized spacial score (nSPS) is 13.0. The highest BCUT2D eigenvalue weighted by atomic mass is 79.9. The number of nitrogens with zero attached hydrogens (tertiary/aromatic N) is 2. The highest BCUT2D eigenvalue weighted by Gasteiger charge is 2.21. The number of aromatic nitrogens is 2. The molecule has 1 unspecified atom stereocenters. The van der Waals surface area contributed by atoms with Crippen molar-refractivity contribution in [3.05, 3.63) is 34.6 Å². The highest BCUT2D eigenvalue weighted by Crippen LogP contribution is 2.22. The molecular formula is C16H20BrN3O2. The molecule has 1 aromatic heterocycles. The predicted molar refractivity (Wildman–Crippen MR) is 88.1 cm³/mol. The first-order chi connectivity index (χ1) is 10.2. The number of amides is 1. The zero-order valence-corrected chi connectivity index (χ0v) is 14.8. The molecule has 0 saturated heterocycles. The fourth-order valence-electron chi connectivity index (χ4n) is 1.96. The smallest absolute Gasteiger partial charge is 0.249 e. The third kappa shape index (κ3) is 4.66. The van der Waals surface area contributed by atoms with E-state index in [1.165, 1.54) is 0 Å². The molecule has 0 saturated carbocycles. The van der Waals surface area contributed by atoms with Crippen LogP contribution in [0.4, 0.5) is 0 Å². The Morgan fingerprint density at radius 1 is 1.32 bits per heavy atom. The van der Waals surface area contributed by atoms with Gasteiger partial charge in [-0.05, 0) is 36.6 Å². The van der Waals surface area contributed by atoms with Gasteiger partial charge in [-0.1, -0.05) is 41.9 Å². The van der Waals surface area contributed by atoms with E-state index in [0.717, 1.165) is 10.0 Å². The average Bonchev–Trinajstić information content (AvgIpc) is 2.86. The molecule has 0 fully saturated rings. The third-order valence-electron chi connectivity index (χ3n) is 2.98. The fourth-order valence-corrected chi connectivity index (χ4v) is 2.23. The Morgan fingerprint density at radius 2 is 1.95 bits per heavy atom. The van der Waals surface area contributed by atoms with Gasteiger partial charge in [0.05, 0.1) is 0 Å². The van der Waals surface area contributed by atoms with Gasteiger partial charge in [0.15, 0.2) is 0 Å². The second-order valence-corrected chi connectivity index (χ2v) is 7.41. The van der Waals surface area contributed by atoms with Gasteiger partial charge in [-0.2, -0.15) is 4.98 Å². The summed E-state index contributed by atoms with van der Waals surface area (Å²) in [5, 5.41) is 6.85. The molecule has 0 aliphatic rings. The summed E-state index contributed by atoms with van der Waals surface area (Å²) in [7, 11) is 0. The van der Waals surface area contributed by atoms with Crippen LogP contribution in [-0.4, -0.2) is 16.0 Å². The molecule has 1 atom stereocenters. The quantitative estimate of drug-likeness (QED) is 0.884. The molecule has 1 N–H and O–H groups in total. The lowest BCUT2D eigenvalue weighted by atomic mass is 9.92. The van der Waals surface area contributed by atoms with Crippen molar-refractivity contribution in [3.8, 4) is 11.4 Å². The van der Waals surface area contributed by atoms with Crippen molar-refractivity contribution in [3.63, 3.8) is 0 Å². The number of nitrogens with one attached hydrogen (secondary N) is 1. The fraction of sp³-hybridized carbons (Fsp3) is 0.438. The van der Waals surface area contributed by atoms with E-state index in [1.54, 1.807) is 0 Å². The van der Waals surface area contributed by atoms with Crippen molar-refractivity contribution in [2.75, 3.05) is 0 Å². The number of rotatable bonds is 4. The number of carbonyl (C=O) groups is 1. The lowest BCUT2D eigenvalue weighted by Gasteiger charge is -2.18. The van der Waals surface area contributed by atoms with Gasteiger partial charge in [-0.25, -0.2) is 0 Å². The van der Waals surface area contributed by atoms with Gasteiger partial charge in [-0.3, -0.25) is 4.79 Å². The van der Waals surface area contributed by atoms with Crippen molar-refractivity contribution < 1.29 is 9.32 Å². The summed E-state index contributed by atoms with van der Waals surface area (Å²) in [6.07, 6.45) is 0.449. The molecule has 1 heterocycles. The Hall–Kier alpha value is -1.69. The van der Waals surface area contributed by atoms with Gasteiger partial charge in [0.1, 0.15) is 6.04 Å². The number of hydrogen-bond donors (Lipinski definition) is 1. The van der Waals surface area contributed by atoms with Crippen molar-refractivity contribution in [1.82, 2.24) is 15.5 Å². The summed E-state index contributed by atoms with van der Waals surface area (Å²) in [6.45, 7) is 7.90. The maximum Gasteiger partial charge on any atom is 0.249 e. The van der Waals surface area contributed by atoms with Gasteiger partial charge in [0.2, 0.25) is 17.6 Å². The van der Waals surface area contributed by atoms with E-state index in [-0.39, 0.29) is 17.4 Å². The van der Waals surface area contributed by atoms with Gasteiger partial charge < -0.3 is 9.84 Å². The Bertz CT molecular complexity index is 644. The van der Waals surface area contributed by atoms with E-state index in [1.807, 2.05) is 52.0 Å². The maximum absolute atomic E-state index is 12.0. The average molecular weight is 366 g/mol. The predicted octanol–water partition coefficient (Wildman–Crippen LogP) is 4.11. The Kier molecular flexibility index (Phi) is 5.01. The minimum atomic E-state index is -0.313. The van der Waals surface area contributed by atoms with Crippen molar-refractivity contribution in [2.24, 2.45) is 5.41 Å². The van der Waals surface area contributed by atoms with Crippen LogP contribution in [0.1, 0.15) is 46.0 Å². The number of hydrogen-bond acceptors (Lipinski definition) is 4. The molecule has 0 spiro atoms. The molecule has 5 nitrogen and oxygen atoms in total. The van der Waals surface area contributed by atoms with E-state index in [2.05, 4.69) is 31.4 Å². The summed E-state index contributed by atoms with van der Waals surface area (Å²) in [5.41, 5.74) is 0.813. The molecule has 118 valence electrons. The van der Waals surface area contributed by atoms with Crippen LogP contribution in [0.2, 0.25) is 0 Å². The Morgan fingerprint density at radius 3 is 2.55 bits per heavy atom. The third-order valence-corrected chi connectivity index (χ3v) is 3.51. The zero-order chi connectivity index (χ0) is 16.3. The van der Waals surface area contributed by atoms with E-state index >= 15 is 0 Å². The van der Waals surface area contributed by atoms with Crippen molar-refractivity contribution in [1.29, 1.82) is 0 Å². The molecular weight excluding hydrogens is 346 g/mol. The van der Waals surface area contributed by atoms with Crippen LogP contribution >= 0.6 is 15.9 Å². The summed E-state index contributed by atoms with van der Waals surface area (Å²) < 4.78 is 6.24. The first-order valence-corrected chi connectivity index (χ1v) is 7.93. The topological polar surface area (TPSA) is 68.0 Å². The zero-order valence-electron chi connectivity index (χ0n) is 13.2. The molecule has 6 heteroatoms. The monoisotopic (exact) mass is 365 g/mol. The maximum atomic E-state index is 12.0. The van der Waals surface area contributed by atoms with Crippen molar-refractivity contribution >= 4 is 21.8 Å². The summed E-state index contributed by atoms with van der Waals surface area (Å²) in [5.74, 6) is 0.892.